The molecule has 7 nitrogen and oxygen atoms in total. The zero-order valence-electron chi connectivity index (χ0n) is 17.0. The number of ether oxygens (including phenoxy) is 2. The molecule has 7 heteroatoms. The number of likely N-dealkylation sites (tertiary alicyclic amines) is 1. The third kappa shape index (κ3) is 4.56. The van der Waals surface area contributed by atoms with Gasteiger partial charge in [-0.25, -0.2) is 0 Å². The maximum Gasteiger partial charge on any atom is 0.270 e. The lowest BCUT2D eigenvalue weighted by Gasteiger charge is -2.33. The van der Waals surface area contributed by atoms with Crippen molar-refractivity contribution in [2.75, 3.05) is 46.5 Å². The first kappa shape index (κ1) is 19.8. The van der Waals surface area contributed by atoms with Crippen molar-refractivity contribution in [1.29, 1.82) is 0 Å². The molecule has 4 rings (SSSR count). The number of hydrogen-bond acceptors (Lipinski definition) is 4. The molecule has 0 radical (unpaired) electrons. The molecule has 29 heavy (non-hydrogen) atoms. The van der Waals surface area contributed by atoms with Crippen LogP contribution < -0.4 is 4.74 Å². The van der Waals surface area contributed by atoms with Crippen LogP contribution in [0, 0.1) is 5.92 Å². The molecule has 156 valence electrons. The number of nitrogens with zero attached hydrogens (tertiary/aromatic N) is 2. The minimum absolute atomic E-state index is 0.0318. The summed E-state index contributed by atoms with van der Waals surface area (Å²) in [6, 6.07) is 7.64. The van der Waals surface area contributed by atoms with E-state index in [0.717, 1.165) is 42.5 Å². The van der Waals surface area contributed by atoms with Gasteiger partial charge in [-0.15, -0.1) is 0 Å². The van der Waals surface area contributed by atoms with Crippen LogP contribution in [0.3, 0.4) is 0 Å². The number of nitrogens with one attached hydrogen (secondary N) is 1. The minimum Gasteiger partial charge on any atom is -0.497 e. The Morgan fingerprint density at radius 3 is 2.79 bits per heavy atom. The Bertz CT molecular complexity index is 872. The number of benzene rings is 1. The molecule has 2 aliphatic rings. The second-order valence-corrected chi connectivity index (χ2v) is 7.93. The van der Waals surface area contributed by atoms with Crippen molar-refractivity contribution in [3.8, 4) is 5.75 Å². The molecule has 0 spiro atoms. The third-order valence-electron chi connectivity index (χ3n) is 5.99. The largest absolute Gasteiger partial charge is 0.497 e. The number of hydrogen-bond donors (Lipinski definition) is 1. The van der Waals surface area contributed by atoms with Crippen molar-refractivity contribution in [3.63, 3.8) is 0 Å². The van der Waals surface area contributed by atoms with Crippen molar-refractivity contribution in [2.45, 2.75) is 25.7 Å². The Morgan fingerprint density at radius 1 is 1.17 bits per heavy atom. The van der Waals surface area contributed by atoms with E-state index in [1.54, 1.807) is 7.11 Å². The van der Waals surface area contributed by atoms with E-state index >= 15 is 0 Å². The van der Waals surface area contributed by atoms with Crippen LogP contribution in [0.15, 0.2) is 24.3 Å². The lowest BCUT2D eigenvalue weighted by Crippen LogP contribution is -2.42. The lowest BCUT2D eigenvalue weighted by atomic mass is 9.93. The predicted molar refractivity (Wildman–Crippen MR) is 110 cm³/mol. The number of carbonyl (C=O) groups is 2. The highest BCUT2D eigenvalue weighted by Gasteiger charge is 2.26. The number of methoxy groups -OCH3 is 1. The van der Waals surface area contributed by atoms with Gasteiger partial charge in [0, 0.05) is 43.5 Å². The van der Waals surface area contributed by atoms with Crippen LogP contribution >= 0.6 is 0 Å². The lowest BCUT2D eigenvalue weighted by molar-refractivity contribution is -0.135. The average Bonchev–Trinajstić information content (AvgIpc) is 3.21. The van der Waals surface area contributed by atoms with Crippen molar-refractivity contribution in [2.24, 2.45) is 5.92 Å². The van der Waals surface area contributed by atoms with Crippen LogP contribution in [0.1, 0.15) is 36.2 Å². The molecule has 1 atom stereocenters. The minimum atomic E-state index is 0.0318. The van der Waals surface area contributed by atoms with Crippen LogP contribution in [0.2, 0.25) is 0 Å². The molecule has 2 aliphatic heterocycles. The van der Waals surface area contributed by atoms with E-state index in [4.69, 9.17) is 9.47 Å². The number of fused-ring (bicyclic) bond motifs is 1. The molecule has 1 aromatic carbocycles. The molecule has 2 amide bonds. The number of aromatic nitrogens is 1. The Kier molecular flexibility index (Phi) is 6.04. The van der Waals surface area contributed by atoms with E-state index in [1.807, 2.05) is 34.1 Å². The molecule has 0 unspecified atom stereocenters. The van der Waals surface area contributed by atoms with Gasteiger partial charge in [0.15, 0.2) is 0 Å². The highest BCUT2D eigenvalue weighted by molar-refractivity contribution is 5.98. The van der Waals surface area contributed by atoms with Gasteiger partial charge in [-0.2, -0.15) is 0 Å². The van der Waals surface area contributed by atoms with Gasteiger partial charge in [0.05, 0.1) is 20.3 Å². The molecule has 0 saturated carbocycles. The molecule has 2 saturated heterocycles. The first-order valence-corrected chi connectivity index (χ1v) is 10.5. The zero-order chi connectivity index (χ0) is 20.2. The second-order valence-electron chi connectivity index (χ2n) is 7.93. The SMILES string of the molecule is COc1ccc2[nH]c(C(=O)N3CCC[C@@H](CCC(=O)N4CCOCC4)C3)cc2c1. The van der Waals surface area contributed by atoms with Crippen LogP contribution in [-0.4, -0.2) is 73.1 Å². The van der Waals surface area contributed by atoms with E-state index in [9.17, 15) is 9.59 Å². The molecule has 1 aromatic heterocycles. The number of amides is 2. The maximum atomic E-state index is 13.0. The van der Waals surface area contributed by atoms with Gasteiger partial charge < -0.3 is 24.3 Å². The first-order valence-electron chi connectivity index (χ1n) is 10.5. The normalized spacial score (nSPS) is 20.1. The van der Waals surface area contributed by atoms with Gasteiger partial charge in [-0.1, -0.05) is 0 Å². The molecule has 0 aliphatic carbocycles. The third-order valence-corrected chi connectivity index (χ3v) is 5.99. The monoisotopic (exact) mass is 399 g/mol. The number of H-pyrrole nitrogens is 1. The molecular weight excluding hydrogens is 370 g/mol. The molecular formula is C22H29N3O4. The first-order chi connectivity index (χ1) is 14.1. The summed E-state index contributed by atoms with van der Waals surface area (Å²) in [4.78, 5) is 32.5. The van der Waals surface area contributed by atoms with Crippen LogP contribution in [-0.2, 0) is 9.53 Å². The van der Waals surface area contributed by atoms with Crippen LogP contribution in [0.5, 0.6) is 5.75 Å². The number of aromatic amines is 1. The van der Waals surface area contributed by atoms with E-state index in [-0.39, 0.29) is 11.8 Å². The summed E-state index contributed by atoms with van der Waals surface area (Å²) in [6.45, 7) is 4.14. The van der Waals surface area contributed by atoms with E-state index in [1.165, 1.54) is 0 Å². The summed E-state index contributed by atoms with van der Waals surface area (Å²) >= 11 is 0. The predicted octanol–water partition coefficient (Wildman–Crippen LogP) is 2.67. The van der Waals surface area contributed by atoms with Gasteiger partial charge in [-0.3, -0.25) is 9.59 Å². The number of piperidine rings is 1. The molecule has 3 heterocycles. The quantitative estimate of drug-likeness (QED) is 0.839. The number of rotatable bonds is 5. The molecule has 0 bridgehead atoms. The summed E-state index contributed by atoms with van der Waals surface area (Å²) < 4.78 is 10.6. The fourth-order valence-corrected chi connectivity index (χ4v) is 4.31. The summed E-state index contributed by atoms with van der Waals surface area (Å²) in [5, 5.41) is 0.970. The fraction of sp³-hybridized carbons (Fsp3) is 0.545. The maximum absolute atomic E-state index is 13.0. The van der Waals surface area contributed by atoms with Crippen LogP contribution in [0.25, 0.3) is 10.9 Å². The van der Waals surface area contributed by atoms with Crippen LogP contribution in [0.4, 0.5) is 0 Å². The van der Waals surface area contributed by atoms with Crippen molar-refractivity contribution >= 4 is 22.7 Å². The zero-order valence-corrected chi connectivity index (χ0v) is 17.0. The van der Waals surface area contributed by atoms with Crippen molar-refractivity contribution in [3.05, 3.63) is 30.0 Å². The molecule has 2 aromatic rings. The van der Waals surface area contributed by atoms with Gasteiger partial charge >= 0.3 is 0 Å². The smallest absolute Gasteiger partial charge is 0.270 e. The van der Waals surface area contributed by atoms with Crippen molar-refractivity contribution in [1.82, 2.24) is 14.8 Å². The topological polar surface area (TPSA) is 74.9 Å². The van der Waals surface area contributed by atoms with E-state index in [2.05, 4.69) is 4.98 Å². The van der Waals surface area contributed by atoms with Gasteiger partial charge in [-0.05, 0) is 49.4 Å². The summed E-state index contributed by atoms with van der Waals surface area (Å²) in [5.74, 6) is 1.39. The van der Waals surface area contributed by atoms with Gasteiger partial charge in [0.25, 0.3) is 5.91 Å². The highest BCUT2D eigenvalue weighted by atomic mass is 16.5. The summed E-state index contributed by atoms with van der Waals surface area (Å²) in [6.07, 6.45) is 3.45. The van der Waals surface area contributed by atoms with E-state index < -0.39 is 0 Å². The average molecular weight is 399 g/mol. The van der Waals surface area contributed by atoms with E-state index in [0.29, 0.717) is 50.9 Å². The summed E-state index contributed by atoms with van der Waals surface area (Å²) in [7, 11) is 1.64. The fourth-order valence-electron chi connectivity index (χ4n) is 4.31. The Hall–Kier alpha value is -2.54. The van der Waals surface area contributed by atoms with Gasteiger partial charge in [0.1, 0.15) is 11.4 Å². The molecule has 1 N–H and O–H groups in total. The Morgan fingerprint density at radius 2 is 2.00 bits per heavy atom. The van der Waals surface area contributed by atoms with Crippen molar-refractivity contribution < 1.29 is 19.1 Å². The molecule has 2 fully saturated rings. The van der Waals surface area contributed by atoms with Gasteiger partial charge in [0.2, 0.25) is 5.91 Å². The summed E-state index contributed by atoms with van der Waals surface area (Å²) in [5.41, 5.74) is 1.54. The highest BCUT2D eigenvalue weighted by Crippen LogP contribution is 2.25. The second kappa shape index (κ2) is 8.86. The number of morpholine rings is 1. The number of carbonyl (C=O) groups excluding carboxylic acids is 2. The standard InChI is InChI=1S/C22H29N3O4/c1-28-18-5-6-19-17(13-18)14-20(23-19)22(27)25-8-2-3-16(15-25)4-7-21(26)24-9-11-29-12-10-24/h5-6,13-14,16,23H,2-4,7-12,15H2,1H3/t16-/m0/s1. The Balaban J connectivity index is 1.35. The Labute approximate surface area is 170 Å².